The predicted octanol–water partition coefficient (Wildman–Crippen LogP) is 3.06. The zero-order valence-corrected chi connectivity index (χ0v) is 13.4. The van der Waals surface area contributed by atoms with Crippen molar-refractivity contribution in [1.82, 2.24) is 4.90 Å². The topological polar surface area (TPSA) is 41.3 Å². The summed E-state index contributed by atoms with van der Waals surface area (Å²) in [6.45, 7) is 7.44. The lowest BCUT2D eigenvalue weighted by Crippen LogP contribution is -2.54. The number of halogens is 1. The van der Waals surface area contributed by atoms with Crippen molar-refractivity contribution in [1.29, 1.82) is 0 Å². The van der Waals surface area contributed by atoms with Gasteiger partial charge in [0.15, 0.2) is 0 Å². The van der Waals surface area contributed by atoms with Gasteiger partial charge in [-0.25, -0.2) is 0 Å². The molecule has 0 aliphatic carbocycles. The minimum atomic E-state index is 0.0370. The molecule has 3 N–H and O–H groups in total. The van der Waals surface area contributed by atoms with E-state index in [0.717, 1.165) is 36.1 Å². The Balaban J connectivity index is 2.07. The van der Waals surface area contributed by atoms with Crippen molar-refractivity contribution in [3.8, 4) is 0 Å². The van der Waals surface area contributed by atoms with E-state index in [1.165, 1.54) is 0 Å². The van der Waals surface area contributed by atoms with Crippen LogP contribution in [0.15, 0.2) is 28.7 Å². The number of anilines is 1. The highest BCUT2D eigenvalue weighted by Gasteiger charge is 2.34. The predicted molar refractivity (Wildman–Crippen MR) is 85.5 cm³/mol. The van der Waals surface area contributed by atoms with Crippen LogP contribution in [0.4, 0.5) is 5.69 Å². The van der Waals surface area contributed by atoms with Crippen molar-refractivity contribution >= 4 is 21.6 Å². The largest absolute Gasteiger partial charge is 0.377 e. The summed E-state index contributed by atoms with van der Waals surface area (Å²) in [5.41, 5.74) is 7.24. The first-order valence-corrected chi connectivity index (χ1v) is 7.82. The molecule has 0 bridgehead atoms. The molecule has 1 aliphatic heterocycles. The minimum Gasteiger partial charge on any atom is -0.377 e. The summed E-state index contributed by atoms with van der Waals surface area (Å²) in [4.78, 5) is 2.52. The molecule has 1 aromatic carbocycles. The third kappa shape index (κ3) is 3.50. The molecule has 19 heavy (non-hydrogen) atoms. The van der Waals surface area contributed by atoms with Gasteiger partial charge in [-0.2, -0.15) is 0 Å². The number of hydrogen-bond donors (Lipinski definition) is 2. The molecule has 0 radical (unpaired) electrons. The van der Waals surface area contributed by atoms with Gasteiger partial charge in [-0.3, -0.25) is 0 Å². The Hall–Kier alpha value is -0.580. The van der Waals surface area contributed by atoms with Crippen LogP contribution in [0, 0.1) is 0 Å². The van der Waals surface area contributed by atoms with E-state index in [2.05, 4.69) is 58.2 Å². The SMILES string of the molecule is CC(C)N1CCC(CN)(Nc2ccccc2Br)CC1. The summed E-state index contributed by atoms with van der Waals surface area (Å²) in [6, 6.07) is 8.89. The highest BCUT2D eigenvalue weighted by molar-refractivity contribution is 9.10. The van der Waals surface area contributed by atoms with E-state index in [1.807, 2.05) is 6.07 Å². The number of benzene rings is 1. The molecule has 0 saturated carbocycles. The fourth-order valence-corrected chi connectivity index (χ4v) is 3.08. The maximum atomic E-state index is 6.06. The Morgan fingerprint density at radius 2 is 1.95 bits per heavy atom. The summed E-state index contributed by atoms with van der Waals surface area (Å²) in [7, 11) is 0. The Morgan fingerprint density at radius 1 is 1.32 bits per heavy atom. The van der Waals surface area contributed by atoms with E-state index in [9.17, 15) is 0 Å². The highest BCUT2D eigenvalue weighted by atomic mass is 79.9. The van der Waals surface area contributed by atoms with Gasteiger partial charge >= 0.3 is 0 Å². The second-order valence-electron chi connectivity index (χ2n) is 5.72. The van der Waals surface area contributed by atoms with Crippen LogP contribution in [0.2, 0.25) is 0 Å². The summed E-state index contributed by atoms with van der Waals surface area (Å²) in [5, 5.41) is 3.67. The van der Waals surface area contributed by atoms with Gasteiger partial charge < -0.3 is 16.0 Å². The van der Waals surface area contributed by atoms with Gasteiger partial charge in [-0.15, -0.1) is 0 Å². The van der Waals surface area contributed by atoms with Crippen LogP contribution < -0.4 is 11.1 Å². The van der Waals surface area contributed by atoms with Crippen LogP contribution in [0.1, 0.15) is 26.7 Å². The van der Waals surface area contributed by atoms with E-state index in [0.29, 0.717) is 12.6 Å². The second-order valence-corrected chi connectivity index (χ2v) is 6.57. The van der Waals surface area contributed by atoms with Crippen molar-refractivity contribution in [2.75, 3.05) is 25.0 Å². The van der Waals surface area contributed by atoms with E-state index in [4.69, 9.17) is 5.73 Å². The van der Waals surface area contributed by atoms with Crippen LogP contribution >= 0.6 is 15.9 Å². The molecule has 0 unspecified atom stereocenters. The van der Waals surface area contributed by atoms with Crippen molar-refractivity contribution in [3.63, 3.8) is 0 Å². The van der Waals surface area contributed by atoms with Crippen LogP contribution in [-0.2, 0) is 0 Å². The third-order valence-electron chi connectivity index (χ3n) is 4.15. The van der Waals surface area contributed by atoms with Crippen molar-refractivity contribution in [3.05, 3.63) is 28.7 Å². The van der Waals surface area contributed by atoms with Gasteiger partial charge in [-0.05, 0) is 54.8 Å². The summed E-state index contributed by atoms with van der Waals surface area (Å²) < 4.78 is 1.11. The Bertz CT molecular complexity index is 412. The van der Waals surface area contributed by atoms with E-state index >= 15 is 0 Å². The molecule has 2 rings (SSSR count). The lowest BCUT2D eigenvalue weighted by atomic mass is 9.86. The molecule has 1 aliphatic rings. The molecule has 1 saturated heterocycles. The van der Waals surface area contributed by atoms with Crippen molar-refractivity contribution in [2.45, 2.75) is 38.3 Å². The van der Waals surface area contributed by atoms with E-state index < -0.39 is 0 Å². The summed E-state index contributed by atoms with van der Waals surface area (Å²) in [6.07, 6.45) is 2.20. The molecule has 1 fully saturated rings. The quantitative estimate of drug-likeness (QED) is 0.893. The molecular weight excluding hydrogens is 302 g/mol. The Morgan fingerprint density at radius 3 is 2.47 bits per heavy atom. The number of piperidine rings is 1. The Labute approximate surface area is 124 Å². The fourth-order valence-electron chi connectivity index (χ4n) is 2.70. The normalized spacial score (nSPS) is 19.6. The van der Waals surface area contributed by atoms with Crippen LogP contribution in [0.5, 0.6) is 0 Å². The lowest BCUT2D eigenvalue weighted by Gasteiger charge is -2.44. The number of hydrogen-bond acceptors (Lipinski definition) is 3. The number of likely N-dealkylation sites (tertiary alicyclic amines) is 1. The first-order chi connectivity index (χ1) is 9.06. The molecule has 0 amide bonds. The molecule has 0 aromatic heterocycles. The number of para-hydroxylation sites is 1. The van der Waals surface area contributed by atoms with E-state index in [-0.39, 0.29) is 5.54 Å². The second kappa shape index (κ2) is 6.25. The summed E-state index contributed by atoms with van der Waals surface area (Å²) >= 11 is 3.60. The average Bonchev–Trinajstić information content (AvgIpc) is 2.42. The molecule has 0 atom stereocenters. The van der Waals surface area contributed by atoms with Gasteiger partial charge in [0.05, 0.1) is 5.54 Å². The van der Waals surface area contributed by atoms with Gasteiger partial charge in [0.2, 0.25) is 0 Å². The van der Waals surface area contributed by atoms with Gasteiger partial charge in [0, 0.05) is 35.8 Å². The molecule has 1 heterocycles. The van der Waals surface area contributed by atoms with E-state index in [1.54, 1.807) is 0 Å². The fraction of sp³-hybridized carbons (Fsp3) is 0.600. The van der Waals surface area contributed by atoms with Gasteiger partial charge in [0.1, 0.15) is 0 Å². The smallest absolute Gasteiger partial charge is 0.0520 e. The lowest BCUT2D eigenvalue weighted by molar-refractivity contribution is 0.144. The number of rotatable bonds is 4. The molecule has 3 nitrogen and oxygen atoms in total. The van der Waals surface area contributed by atoms with Crippen LogP contribution in [0.25, 0.3) is 0 Å². The number of nitrogens with one attached hydrogen (secondary N) is 1. The molecular formula is C15H24BrN3. The first kappa shape index (κ1) is 14.8. The number of nitrogens with two attached hydrogens (primary N) is 1. The molecule has 1 aromatic rings. The standard InChI is InChI=1S/C15H24BrN3/c1-12(2)19-9-7-15(11-17,8-10-19)18-14-6-4-3-5-13(14)16/h3-6,12,18H,7-11,17H2,1-2H3. The van der Waals surface area contributed by atoms with Gasteiger partial charge in [0.25, 0.3) is 0 Å². The maximum Gasteiger partial charge on any atom is 0.0520 e. The van der Waals surface area contributed by atoms with Gasteiger partial charge in [-0.1, -0.05) is 12.1 Å². The molecule has 4 heteroatoms. The highest BCUT2D eigenvalue weighted by Crippen LogP contribution is 2.30. The van der Waals surface area contributed by atoms with Crippen molar-refractivity contribution in [2.24, 2.45) is 5.73 Å². The molecule has 106 valence electrons. The number of nitrogens with zero attached hydrogens (tertiary/aromatic N) is 1. The monoisotopic (exact) mass is 325 g/mol. The zero-order chi connectivity index (χ0) is 13.9. The third-order valence-corrected chi connectivity index (χ3v) is 4.84. The van der Waals surface area contributed by atoms with Crippen molar-refractivity contribution < 1.29 is 0 Å². The first-order valence-electron chi connectivity index (χ1n) is 7.03. The minimum absolute atomic E-state index is 0.0370. The average molecular weight is 326 g/mol. The maximum absolute atomic E-state index is 6.06. The molecule has 0 spiro atoms. The van der Waals surface area contributed by atoms with Crippen LogP contribution in [0.3, 0.4) is 0 Å². The van der Waals surface area contributed by atoms with Crippen LogP contribution in [-0.4, -0.2) is 36.1 Å². The summed E-state index contributed by atoms with van der Waals surface area (Å²) in [5.74, 6) is 0. The Kier molecular flexibility index (Phi) is 4.87. The zero-order valence-electron chi connectivity index (χ0n) is 11.8.